The highest BCUT2D eigenvalue weighted by Crippen LogP contribution is 2.35. The van der Waals surface area contributed by atoms with Gasteiger partial charge in [-0.3, -0.25) is 0 Å². The number of benzene rings is 1. The Bertz CT molecular complexity index is 680. The fourth-order valence-electron chi connectivity index (χ4n) is 1.70. The number of carboxylic acid groups (broad SMARTS) is 1. The fraction of sp³-hybridized carbons (Fsp3) is 0.0909. The third kappa shape index (κ3) is 1.78. The van der Waals surface area contributed by atoms with E-state index in [0.717, 1.165) is 6.07 Å². The molecule has 2 aromatic rings. The number of hydrogen-bond acceptors (Lipinski definition) is 2. The predicted molar refractivity (Wildman–Crippen MR) is 55.0 cm³/mol. The number of halogens is 3. The molecule has 2 N–H and O–H groups in total. The van der Waals surface area contributed by atoms with Crippen molar-refractivity contribution in [1.29, 1.82) is 5.26 Å². The first-order valence-electron chi connectivity index (χ1n) is 4.71. The second-order valence-electron chi connectivity index (χ2n) is 3.55. The van der Waals surface area contributed by atoms with Gasteiger partial charge in [0.05, 0.1) is 17.2 Å². The largest absolute Gasteiger partial charge is 0.478 e. The summed E-state index contributed by atoms with van der Waals surface area (Å²) >= 11 is 0. The number of aromatic nitrogens is 1. The average molecular weight is 254 g/mol. The number of hydrogen-bond donors (Lipinski definition) is 2. The Hall–Kier alpha value is -2.49. The molecule has 1 aromatic carbocycles. The van der Waals surface area contributed by atoms with Crippen LogP contribution in [0, 0.1) is 11.3 Å². The third-order valence-corrected chi connectivity index (χ3v) is 2.43. The summed E-state index contributed by atoms with van der Waals surface area (Å²) in [4.78, 5) is 13.0. The molecule has 0 saturated heterocycles. The van der Waals surface area contributed by atoms with Gasteiger partial charge in [0.1, 0.15) is 5.69 Å². The number of aromatic carboxylic acids is 1. The minimum Gasteiger partial charge on any atom is -0.478 e. The first-order chi connectivity index (χ1) is 8.34. The van der Waals surface area contributed by atoms with Crippen LogP contribution < -0.4 is 0 Å². The van der Waals surface area contributed by atoms with E-state index >= 15 is 0 Å². The normalized spacial score (nSPS) is 11.4. The van der Waals surface area contributed by atoms with E-state index in [4.69, 9.17) is 10.4 Å². The first kappa shape index (κ1) is 12.0. The van der Waals surface area contributed by atoms with Crippen LogP contribution in [0.3, 0.4) is 0 Å². The second kappa shape index (κ2) is 3.77. The number of nitrogens with one attached hydrogen (secondary N) is 1. The molecule has 0 aliphatic rings. The highest BCUT2D eigenvalue weighted by atomic mass is 19.4. The van der Waals surface area contributed by atoms with Gasteiger partial charge in [0.2, 0.25) is 0 Å². The Morgan fingerprint density at radius 3 is 2.56 bits per heavy atom. The Kier molecular flexibility index (Phi) is 2.51. The molecule has 0 atom stereocenters. The van der Waals surface area contributed by atoms with E-state index in [-0.39, 0.29) is 16.5 Å². The molecule has 0 aliphatic carbocycles. The van der Waals surface area contributed by atoms with Crippen molar-refractivity contribution in [3.8, 4) is 6.07 Å². The number of carbonyl (C=O) groups is 1. The first-order valence-corrected chi connectivity index (χ1v) is 4.71. The van der Waals surface area contributed by atoms with Gasteiger partial charge in [-0.05, 0) is 18.2 Å². The molecule has 0 amide bonds. The summed E-state index contributed by atoms with van der Waals surface area (Å²) in [5.41, 5.74) is -2.06. The molecule has 92 valence electrons. The molecular weight excluding hydrogens is 249 g/mol. The number of rotatable bonds is 1. The van der Waals surface area contributed by atoms with Gasteiger partial charge < -0.3 is 10.1 Å². The van der Waals surface area contributed by atoms with Crippen molar-refractivity contribution in [1.82, 2.24) is 4.98 Å². The summed E-state index contributed by atoms with van der Waals surface area (Å²) in [7, 11) is 0. The van der Waals surface area contributed by atoms with E-state index in [9.17, 15) is 18.0 Å². The number of nitriles is 1. The van der Waals surface area contributed by atoms with Crippen molar-refractivity contribution in [2.24, 2.45) is 0 Å². The highest BCUT2D eigenvalue weighted by molar-refractivity contribution is 6.05. The van der Waals surface area contributed by atoms with E-state index in [1.54, 1.807) is 6.07 Å². The van der Waals surface area contributed by atoms with Crippen LogP contribution in [0.2, 0.25) is 0 Å². The van der Waals surface area contributed by atoms with E-state index in [1.807, 2.05) is 4.98 Å². The fourth-order valence-corrected chi connectivity index (χ4v) is 1.70. The lowest BCUT2D eigenvalue weighted by Crippen LogP contribution is -2.11. The van der Waals surface area contributed by atoms with Gasteiger partial charge in [-0.15, -0.1) is 0 Å². The lowest BCUT2D eigenvalue weighted by molar-refractivity contribution is -0.141. The van der Waals surface area contributed by atoms with Crippen molar-refractivity contribution in [2.45, 2.75) is 6.18 Å². The molecule has 0 unspecified atom stereocenters. The Labute approximate surface area is 98.3 Å². The summed E-state index contributed by atoms with van der Waals surface area (Å²) in [5, 5.41) is 17.4. The maximum atomic E-state index is 12.7. The van der Waals surface area contributed by atoms with Crippen molar-refractivity contribution in [3.05, 3.63) is 35.0 Å². The molecule has 0 fully saturated rings. The van der Waals surface area contributed by atoms with Gasteiger partial charge in [-0.2, -0.15) is 18.4 Å². The molecular formula is C11H5F3N2O2. The van der Waals surface area contributed by atoms with E-state index in [1.165, 1.54) is 12.1 Å². The van der Waals surface area contributed by atoms with Crippen LogP contribution in [0.5, 0.6) is 0 Å². The van der Waals surface area contributed by atoms with E-state index in [0.29, 0.717) is 0 Å². The molecule has 0 aliphatic heterocycles. The average Bonchev–Trinajstić information content (AvgIpc) is 2.66. The van der Waals surface area contributed by atoms with Crippen LogP contribution in [-0.4, -0.2) is 16.1 Å². The lowest BCUT2D eigenvalue weighted by atomic mass is 10.1. The lowest BCUT2D eigenvalue weighted by Gasteiger charge is -2.04. The topological polar surface area (TPSA) is 76.9 Å². The summed E-state index contributed by atoms with van der Waals surface area (Å²) in [6.45, 7) is 0. The molecule has 0 spiro atoms. The molecule has 0 radical (unpaired) electrons. The van der Waals surface area contributed by atoms with Gasteiger partial charge in [-0.1, -0.05) is 0 Å². The van der Waals surface area contributed by atoms with Crippen LogP contribution in [0.4, 0.5) is 13.2 Å². The maximum absolute atomic E-state index is 12.7. The number of alkyl halides is 3. The molecule has 7 heteroatoms. The number of fused-ring (bicyclic) bond motifs is 1. The SMILES string of the molecule is N#Cc1ccc2[nH]c(C(F)(F)F)c(C(=O)O)c2c1. The molecule has 4 nitrogen and oxygen atoms in total. The summed E-state index contributed by atoms with van der Waals surface area (Å²) in [6.07, 6.45) is -4.79. The van der Waals surface area contributed by atoms with Crippen LogP contribution in [-0.2, 0) is 6.18 Å². The molecule has 1 aromatic heterocycles. The summed E-state index contributed by atoms with van der Waals surface area (Å²) in [5.74, 6) is -1.69. The molecule has 2 rings (SSSR count). The van der Waals surface area contributed by atoms with Crippen LogP contribution in [0.15, 0.2) is 18.2 Å². The molecule has 0 saturated carbocycles. The maximum Gasteiger partial charge on any atom is 0.432 e. The Morgan fingerprint density at radius 2 is 2.06 bits per heavy atom. The standard InChI is InChI=1S/C11H5F3N2O2/c12-11(13,14)9-8(10(17)18)6-3-5(4-15)1-2-7(6)16-9/h1-3,16H,(H,17,18). The molecule has 18 heavy (non-hydrogen) atoms. The zero-order valence-corrected chi connectivity index (χ0v) is 8.67. The van der Waals surface area contributed by atoms with Crippen LogP contribution >= 0.6 is 0 Å². The van der Waals surface area contributed by atoms with Crippen molar-refractivity contribution in [3.63, 3.8) is 0 Å². The number of aromatic amines is 1. The van der Waals surface area contributed by atoms with Gasteiger partial charge in [0.15, 0.2) is 0 Å². The van der Waals surface area contributed by atoms with Crippen molar-refractivity contribution >= 4 is 16.9 Å². The number of carboxylic acids is 1. The summed E-state index contributed by atoms with van der Waals surface area (Å²) < 4.78 is 38.0. The quantitative estimate of drug-likeness (QED) is 0.821. The highest BCUT2D eigenvalue weighted by Gasteiger charge is 2.38. The molecule has 1 heterocycles. The number of H-pyrrole nitrogens is 1. The zero-order valence-electron chi connectivity index (χ0n) is 8.67. The number of nitrogens with zero attached hydrogens (tertiary/aromatic N) is 1. The van der Waals surface area contributed by atoms with Gasteiger partial charge in [0, 0.05) is 10.9 Å². The monoisotopic (exact) mass is 254 g/mol. The predicted octanol–water partition coefficient (Wildman–Crippen LogP) is 2.76. The summed E-state index contributed by atoms with van der Waals surface area (Å²) in [6, 6.07) is 5.42. The van der Waals surface area contributed by atoms with E-state index < -0.39 is 23.4 Å². The minimum atomic E-state index is -4.79. The van der Waals surface area contributed by atoms with Crippen molar-refractivity contribution in [2.75, 3.05) is 0 Å². The van der Waals surface area contributed by atoms with Crippen LogP contribution in [0.25, 0.3) is 10.9 Å². The second-order valence-corrected chi connectivity index (χ2v) is 3.55. The van der Waals surface area contributed by atoms with Crippen LogP contribution in [0.1, 0.15) is 21.6 Å². The Morgan fingerprint density at radius 1 is 1.39 bits per heavy atom. The third-order valence-electron chi connectivity index (χ3n) is 2.43. The minimum absolute atomic E-state index is 0.0266. The van der Waals surface area contributed by atoms with Crippen molar-refractivity contribution < 1.29 is 23.1 Å². The smallest absolute Gasteiger partial charge is 0.432 e. The van der Waals surface area contributed by atoms with Gasteiger partial charge >= 0.3 is 12.1 Å². The van der Waals surface area contributed by atoms with E-state index in [2.05, 4.69) is 0 Å². The van der Waals surface area contributed by atoms with Gasteiger partial charge in [-0.25, -0.2) is 4.79 Å². The van der Waals surface area contributed by atoms with Gasteiger partial charge in [0.25, 0.3) is 0 Å². The zero-order chi connectivity index (χ0) is 13.5. The Balaban J connectivity index is 2.86. The molecule has 0 bridgehead atoms.